The number of benzene rings is 2. The Bertz CT molecular complexity index is 1010. The predicted octanol–water partition coefficient (Wildman–Crippen LogP) is 1.16. The number of ether oxygens (including phenoxy) is 3. The highest BCUT2D eigenvalue weighted by Crippen LogP contribution is 2.27. The van der Waals surface area contributed by atoms with Crippen molar-refractivity contribution in [2.75, 3.05) is 27.4 Å². The quantitative estimate of drug-likeness (QED) is 0.638. The van der Waals surface area contributed by atoms with Crippen LogP contribution in [0, 0.1) is 11.8 Å². The van der Waals surface area contributed by atoms with Gasteiger partial charge in [-0.25, -0.2) is 8.42 Å². The number of rotatable bonds is 8. The predicted molar refractivity (Wildman–Crippen MR) is 103 cm³/mol. The summed E-state index contributed by atoms with van der Waals surface area (Å²) in [6.45, 7) is -0.169. The Morgan fingerprint density at radius 1 is 1.07 bits per heavy atom. The highest BCUT2D eigenvalue weighted by atomic mass is 32.2. The number of sulfonamides is 1. The number of para-hydroxylation sites is 1. The summed E-state index contributed by atoms with van der Waals surface area (Å²) >= 11 is 0. The number of nitrogens with two attached hydrogens (primary N) is 1. The van der Waals surface area contributed by atoms with Crippen LogP contribution in [0.15, 0.2) is 47.4 Å². The van der Waals surface area contributed by atoms with Gasteiger partial charge in [0.1, 0.15) is 28.8 Å². The Labute approximate surface area is 163 Å². The van der Waals surface area contributed by atoms with E-state index in [1.54, 1.807) is 30.3 Å². The zero-order valence-corrected chi connectivity index (χ0v) is 16.2. The number of hydrogen-bond acceptors (Lipinski definition) is 6. The molecular formula is C19H20N2O6S. The maximum absolute atomic E-state index is 12.5. The van der Waals surface area contributed by atoms with Crippen molar-refractivity contribution in [1.82, 2.24) is 4.72 Å². The molecule has 0 atom stereocenters. The normalized spacial score (nSPS) is 10.5. The molecule has 0 aromatic heterocycles. The van der Waals surface area contributed by atoms with Crippen LogP contribution in [0.5, 0.6) is 17.2 Å². The highest BCUT2D eigenvalue weighted by Gasteiger charge is 2.19. The summed E-state index contributed by atoms with van der Waals surface area (Å²) in [6, 6.07) is 11.0. The third-order valence-corrected chi connectivity index (χ3v) is 5.01. The van der Waals surface area contributed by atoms with Crippen LogP contribution in [-0.4, -0.2) is 41.7 Å². The van der Waals surface area contributed by atoms with E-state index in [0.29, 0.717) is 11.5 Å². The highest BCUT2D eigenvalue weighted by molar-refractivity contribution is 7.89. The van der Waals surface area contributed by atoms with E-state index in [0.717, 1.165) is 0 Å². The van der Waals surface area contributed by atoms with Gasteiger partial charge >= 0.3 is 0 Å². The van der Waals surface area contributed by atoms with Gasteiger partial charge in [-0.15, -0.1) is 0 Å². The Hall–Kier alpha value is -3.22. The molecule has 0 radical (unpaired) electrons. The van der Waals surface area contributed by atoms with E-state index in [4.69, 9.17) is 19.9 Å². The van der Waals surface area contributed by atoms with Crippen molar-refractivity contribution in [2.24, 2.45) is 5.73 Å². The molecule has 0 aliphatic rings. The monoisotopic (exact) mass is 404 g/mol. The van der Waals surface area contributed by atoms with E-state index in [1.807, 2.05) is 0 Å². The van der Waals surface area contributed by atoms with E-state index >= 15 is 0 Å². The zero-order chi connectivity index (χ0) is 20.6. The first-order valence-corrected chi connectivity index (χ1v) is 9.56. The van der Waals surface area contributed by atoms with Crippen LogP contribution in [0.4, 0.5) is 0 Å². The summed E-state index contributed by atoms with van der Waals surface area (Å²) in [4.78, 5) is 11.3. The van der Waals surface area contributed by atoms with Gasteiger partial charge in [-0.2, -0.15) is 4.72 Å². The van der Waals surface area contributed by atoms with E-state index in [1.165, 1.54) is 26.4 Å². The van der Waals surface area contributed by atoms with Crippen LogP contribution in [0.3, 0.4) is 0 Å². The molecule has 2 rings (SSSR count). The molecule has 0 bridgehead atoms. The van der Waals surface area contributed by atoms with Gasteiger partial charge in [0.15, 0.2) is 0 Å². The number of amides is 1. The molecule has 0 saturated carbocycles. The van der Waals surface area contributed by atoms with Gasteiger partial charge in [0.2, 0.25) is 10.0 Å². The van der Waals surface area contributed by atoms with Crippen LogP contribution in [-0.2, 0) is 10.0 Å². The molecule has 0 aliphatic heterocycles. The maximum Gasteiger partial charge on any atom is 0.252 e. The summed E-state index contributed by atoms with van der Waals surface area (Å²) in [6.07, 6.45) is 0. The molecule has 0 spiro atoms. The van der Waals surface area contributed by atoms with Crippen LogP contribution in [0.1, 0.15) is 10.4 Å². The van der Waals surface area contributed by atoms with E-state index in [9.17, 15) is 13.2 Å². The number of nitrogens with one attached hydrogen (secondary N) is 1. The first-order valence-electron chi connectivity index (χ1n) is 8.08. The number of hydrogen-bond donors (Lipinski definition) is 2. The number of methoxy groups -OCH3 is 2. The maximum atomic E-state index is 12.5. The topological polar surface area (TPSA) is 117 Å². The van der Waals surface area contributed by atoms with Gasteiger partial charge in [-0.3, -0.25) is 4.79 Å². The lowest BCUT2D eigenvalue weighted by atomic mass is 10.2. The van der Waals surface area contributed by atoms with Gasteiger partial charge in [0, 0.05) is 6.07 Å². The second-order valence-electron chi connectivity index (χ2n) is 5.34. The molecule has 3 N–H and O–H groups in total. The minimum absolute atomic E-state index is 0.0332. The number of carbonyl (C=O) groups is 1. The molecule has 0 heterocycles. The lowest BCUT2D eigenvalue weighted by Crippen LogP contribution is -2.24. The molecule has 9 heteroatoms. The second kappa shape index (κ2) is 9.64. The number of carbonyl (C=O) groups excluding carboxylic acids is 1. The van der Waals surface area contributed by atoms with Crippen molar-refractivity contribution in [1.29, 1.82) is 0 Å². The molecular weight excluding hydrogens is 384 g/mol. The van der Waals surface area contributed by atoms with Gasteiger partial charge in [-0.05, 0) is 24.3 Å². The van der Waals surface area contributed by atoms with Crippen molar-refractivity contribution in [3.05, 3.63) is 48.0 Å². The summed E-state index contributed by atoms with van der Waals surface area (Å²) in [5.74, 6) is 5.58. The van der Waals surface area contributed by atoms with Gasteiger partial charge < -0.3 is 19.9 Å². The van der Waals surface area contributed by atoms with Crippen molar-refractivity contribution < 1.29 is 27.4 Å². The van der Waals surface area contributed by atoms with Crippen LogP contribution in [0.2, 0.25) is 0 Å². The summed E-state index contributed by atoms with van der Waals surface area (Å²) in [5.41, 5.74) is 5.51. The van der Waals surface area contributed by atoms with E-state index in [2.05, 4.69) is 16.6 Å². The number of primary amides is 1. The summed E-state index contributed by atoms with van der Waals surface area (Å²) in [7, 11) is -1.04. The fraction of sp³-hybridized carbons (Fsp3) is 0.211. The molecule has 2 aromatic rings. The fourth-order valence-electron chi connectivity index (χ4n) is 2.23. The average molecular weight is 404 g/mol. The SMILES string of the molecule is COc1ccc(OC)c(S(=O)(=O)NCC#CCOc2ccccc2C(N)=O)c1. The minimum atomic E-state index is -3.85. The molecule has 28 heavy (non-hydrogen) atoms. The molecule has 2 aromatic carbocycles. The fourth-order valence-corrected chi connectivity index (χ4v) is 3.33. The minimum Gasteiger partial charge on any atom is -0.497 e. The van der Waals surface area contributed by atoms with E-state index in [-0.39, 0.29) is 29.4 Å². The van der Waals surface area contributed by atoms with Gasteiger partial charge in [0.05, 0.1) is 26.3 Å². The molecule has 0 aliphatic carbocycles. The summed E-state index contributed by atoms with van der Waals surface area (Å²) < 4.78 is 42.8. The Balaban J connectivity index is 1.98. The molecule has 8 nitrogen and oxygen atoms in total. The molecule has 148 valence electrons. The third-order valence-electron chi connectivity index (χ3n) is 3.59. The summed E-state index contributed by atoms with van der Waals surface area (Å²) in [5, 5.41) is 0. The van der Waals surface area contributed by atoms with Crippen LogP contribution >= 0.6 is 0 Å². The van der Waals surface area contributed by atoms with Gasteiger partial charge in [0.25, 0.3) is 5.91 Å². The average Bonchev–Trinajstić information content (AvgIpc) is 2.70. The van der Waals surface area contributed by atoms with E-state index < -0.39 is 15.9 Å². The molecule has 1 amide bonds. The largest absolute Gasteiger partial charge is 0.497 e. The Morgan fingerprint density at radius 2 is 1.82 bits per heavy atom. The molecule has 0 fully saturated rings. The van der Waals surface area contributed by atoms with Crippen molar-refractivity contribution in [3.63, 3.8) is 0 Å². The van der Waals surface area contributed by atoms with Crippen LogP contribution in [0.25, 0.3) is 0 Å². The zero-order valence-electron chi connectivity index (χ0n) is 15.4. The standard InChI is InChI=1S/C19H20N2O6S/c1-25-14-9-10-17(26-2)18(13-14)28(23,24)21-11-5-6-12-27-16-8-4-3-7-15(16)19(20)22/h3-4,7-10,13,21H,11-12H2,1-2H3,(H2,20,22). The third kappa shape index (κ3) is 5.39. The smallest absolute Gasteiger partial charge is 0.252 e. The van der Waals surface area contributed by atoms with Crippen molar-refractivity contribution in [2.45, 2.75) is 4.90 Å². The Morgan fingerprint density at radius 3 is 2.50 bits per heavy atom. The molecule has 0 saturated heterocycles. The lowest BCUT2D eigenvalue weighted by molar-refractivity contribution is 0.0997. The lowest BCUT2D eigenvalue weighted by Gasteiger charge is -2.11. The Kier molecular flexibility index (Phi) is 7.26. The van der Waals surface area contributed by atoms with Crippen molar-refractivity contribution in [3.8, 4) is 29.1 Å². The van der Waals surface area contributed by atoms with Gasteiger partial charge in [-0.1, -0.05) is 24.0 Å². The van der Waals surface area contributed by atoms with Crippen LogP contribution < -0.4 is 24.7 Å². The first kappa shape index (κ1) is 21.1. The van der Waals surface area contributed by atoms with Crippen molar-refractivity contribution >= 4 is 15.9 Å². The first-order chi connectivity index (χ1) is 13.4. The molecule has 0 unspecified atom stereocenters. The second-order valence-corrected chi connectivity index (χ2v) is 7.08.